The summed E-state index contributed by atoms with van der Waals surface area (Å²) in [7, 11) is 0. The number of carbonyl (C=O) groups excluding carboxylic acids is 1. The van der Waals surface area contributed by atoms with Gasteiger partial charge < -0.3 is 10.6 Å². The van der Waals surface area contributed by atoms with Crippen molar-refractivity contribution in [2.24, 2.45) is 5.73 Å². The minimum atomic E-state index is -0.264. The van der Waals surface area contributed by atoms with Crippen molar-refractivity contribution in [3.63, 3.8) is 0 Å². The lowest BCUT2D eigenvalue weighted by Gasteiger charge is -2.28. The van der Waals surface area contributed by atoms with Crippen molar-refractivity contribution in [1.29, 1.82) is 0 Å². The monoisotopic (exact) mass is 232 g/mol. The van der Waals surface area contributed by atoms with Gasteiger partial charge in [-0.3, -0.25) is 4.79 Å². The summed E-state index contributed by atoms with van der Waals surface area (Å²) in [5.74, 6) is -0.0804. The summed E-state index contributed by atoms with van der Waals surface area (Å²) in [6.45, 7) is 7.89. The van der Waals surface area contributed by atoms with Crippen LogP contribution < -0.4 is 5.73 Å². The maximum Gasteiger partial charge on any atom is 0.250 e. The molecule has 92 valence electrons. The van der Waals surface area contributed by atoms with Crippen molar-refractivity contribution in [2.45, 2.75) is 33.0 Å². The van der Waals surface area contributed by atoms with E-state index >= 15 is 0 Å². The van der Waals surface area contributed by atoms with Crippen molar-refractivity contribution in [1.82, 2.24) is 4.90 Å². The summed E-state index contributed by atoms with van der Waals surface area (Å²) in [4.78, 5) is 13.7. The Bertz CT molecular complexity index is 386. The van der Waals surface area contributed by atoms with Crippen molar-refractivity contribution in [2.75, 3.05) is 0 Å². The first-order valence-corrected chi connectivity index (χ1v) is 5.82. The van der Waals surface area contributed by atoms with E-state index in [0.717, 1.165) is 12.0 Å². The molecule has 0 aliphatic heterocycles. The third-order valence-electron chi connectivity index (χ3n) is 2.64. The van der Waals surface area contributed by atoms with Crippen molar-refractivity contribution < 1.29 is 4.79 Å². The molecule has 2 N–H and O–H groups in total. The average Bonchev–Trinajstić information content (AvgIpc) is 2.35. The lowest BCUT2D eigenvalue weighted by Crippen LogP contribution is -2.45. The number of nitrogens with two attached hydrogens (primary N) is 1. The molecule has 0 aliphatic carbocycles. The first kappa shape index (κ1) is 13.5. The highest BCUT2D eigenvalue weighted by molar-refractivity contribution is 5.92. The predicted molar refractivity (Wildman–Crippen MR) is 70.1 cm³/mol. The second-order valence-corrected chi connectivity index (χ2v) is 4.17. The molecular weight excluding hydrogens is 212 g/mol. The fourth-order valence-corrected chi connectivity index (χ4v) is 1.59. The second kappa shape index (κ2) is 6.21. The Morgan fingerprint density at radius 1 is 1.41 bits per heavy atom. The number of amides is 1. The van der Waals surface area contributed by atoms with Gasteiger partial charge in [0.05, 0.1) is 6.17 Å². The van der Waals surface area contributed by atoms with Gasteiger partial charge in [-0.15, -0.1) is 0 Å². The van der Waals surface area contributed by atoms with Crippen molar-refractivity contribution >= 4 is 5.91 Å². The summed E-state index contributed by atoms with van der Waals surface area (Å²) < 4.78 is 0. The fourth-order valence-electron chi connectivity index (χ4n) is 1.59. The molecule has 0 radical (unpaired) electrons. The Kier molecular flexibility index (Phi) is 4.91. The van der Waals surface area contributed by atoms with Crippen LogP contribution in [0, 0.1) is 0 Å². The Labute approximate surface area is 103 Å². The molecule has 0 spiro atoms. The van der Waals surface area contributed by atoms with E-state index in [0.29, 0.717) is 12.1 Å². The molecule has 3 heteroatoms. The number of carbonyl (C=O) groups is 1. The third kappa shape index (κ3) is 3.71. The van der Waals surface area contributed by atoms with Gasteiger partial charge in [-0.05, 0) is 18.9 Å². The number of rotatable bonds is 5. The van der Waals surface area contributed by atoms with Gasteiger partial charge in [-0.1, -0.05) is 43.8 Å². The van der Waals surface area contributed by atoms with Gasteiger partial charge in [0.1, 0.15) is 0 Å². The molecule has 1 rings (SSSR count). The Hall–Kier alpha value is -1.61. The second-order valence-electron chi connectivity index (χ2n) is 4.17. The molecule has 17 heavy (non-hydrogen) atoms. The quantitative estimate of drug-likeness (QED) is 0.625. The van der Waals surface area contributed by atoms with Gasteiger partial charge in [-0.2, -0.15) is 0 Å². The largest absolute Gasteiger partial charge is 0.319 e. The highest BCUT2D eigenvalue weighted by Crippen LogP contribution is 2.11. The molecular formula is C14H20N2O. The Balaban J connectivity index is 2.85. The fraction of sp³-hybridized carbons (Fsp3) is 0.357. The summed E-state index contributed by atoms with van der Waals surface area (Å²) in [6, 6.07) is 9.84. The highest BCUT2D eigenvalue weighted by atomic mass is 16.2. The zero-order valence-corrected chi connectivity index (χ0v) is 10.5. The van der Waals surface area contributed by atoms with Crippen LogP contribution in [-0.4, -0.2) is 17.0 Å². The van der Waals surface area contributed by atoms with Gasteiger partial charge in [-0.25, -0.2) is 0 Å². The lowest BCUT2D eigenvalue weighted by atomic mass is 10.1. The maximum absolute atomic E-state index is 12.0. The van der Waals surface area contributed by atoms with Crippen LogP contribution in [-0.2, 0) is 11.3 Å². The van der Waals surface area contributed by atoms with E-state index in [-0.39, 0.29) is 12.1 Å². The number of benzene rings is 1. The minimum Gasteiger partial charge on any atom is -0.319 e. The van der Waals surface area contributed by atoms with E-state index in [4.69, 9.17) is 5.73 Å². The Morgan fingerprint density at radius 3 is 2.47 bits per heavy atom. The lowest BCUT2D eigenvalue weighted by molar-refractivity contribution is -0.130. The van der Waals surface area contributed by atoms with Crippen molar-refractivity contribution in [3.8, 4) is 0 Å². The summed E-state index contributed by atoms with van der Waals surface area (Å²) in [5, 5.41) is 0. The molecule has 1 amide bonds. The van der Waals surface area contributed by atoms with E-state index in [1.165, 1.54) is 0 Å². The molecule has 1 aromatic carbocycles. The first-order chi connectivity index (χ1) is 8.06. The molecule has 3 nitrogen and oxygen atoms in total. The molecule has 0 heterocycles. The average molecular weight is 232 g/mol. The van der Waals surface area contributed by atoms with Crippen LogP contribution in [0.4, 0.5) is 0 Å². The van der Waals surface area contributed by atoms with E-state index in [1.807, 2.05) is 37.3 Å². The molecule has 0 saturated carbocycles. The van der Waals surface area contributed by atoms with Gasteiger partial charge in [0.2, 0.25) is 5.91 Å². The van der Waals surface area contributed by atoms with Crippen LogP contribution in [0.1, 0.15) is 25.8 Å². The van der Waals surface area contributed by atoms with Crippen LogP contribution in [0.5, 0.6) is 0 Å². The van der Waals surface area contributed by atoms with E-state index in [1.54, 1.807) is 11.8 Å². The zero-order chi connectivity index (χ0) is 12.8. The van der Waals surface area contributed by atoms with Gasteiger partial charge in [0, 0.05) is 12.1 Å². The third-order valence-corrected chi connectivity index (χ3v) is 2.64. The zero-order valence-electron chi connectivity index (χ0n) is 10.5. The highest BCUT2D eigenvalue weighted by Gasteiger charge is 2.19. The molecule has 1 unspecified atom stereocenters. The molecule has 0 bridgehead atoms. The maximum atomic E-state index is 12.0. The van der Waals surface area contributed by atoms with Gasteiger partial charge in [0.25, 0.3) is 0 Å². The van der Waals surface area contributed by atoms with Gasteiger partial charge in [0.15, 0.2) is 0 Å². The van der Waals surface area contributed by atoms with Crippen LogP contribution in [0.15, 0.2) is 42.5 Å². The van der Waals surface area contributed by atoms with Crippen molar-refractivity contribution in [3.05, 3.63) is 48.0 Å². The molecule has 0 saturated heterocycles. The Morgan fingerprint density at radius 2 is 2.00 bits per heavy atom. The smallest absolute Gasteiger partial charge is 0.250 e. The SMILES string of the molecule is C=C(C)C(=O)N(Cc1ccccc1)C(N)CC. The number of nitrogens with zero attached hydrogens (tertiary/aromatic N) is 1. The van der Waals surface area contributed by atoms with Crippen LogP contribution in [0.2, 0.25) is 0 Å². The van der Waals surface area contributed by atoms with Crippen LogP contribution >= 0.6 is 0 Å². The standard InChI is InChI=1S/C14H20N2O/c1-4-13(15)16(14(17)11(2)3)10-12-8-6-5-7-9-12/h5-9,13H,2,4,10,15H2,1,3H3. The molecule has 1 atom stereocenters. The number of hydrogen-bond acceptors (Lipinski definition) is 2. The van der Waals surface area contributed by atoms with E-state index < -0.39 is 0 Å². The molecule has 0 aromatic heterocycles. The first-order valence-electron chi connectivity index (χ1n) is 5.82. The van der Waals surface area contributed by atoms with Crippen LogP contribution in [0.3, 0.4) is 0 Å². The van der Waals surface area contributed by atoms with E-state index in [9.17, 15) is 4.79 Å². The van der Waals surface area contributed by atoms with Gasteiger partial charge >= 0.3 is 0 Å². The number of hydrogen-bond donors (Lipinski definition) is 1. The molecule has 0 fully saturated rings. The molecule has 0 aliphatic rings. The molecule has 1 aromatic rings. The minimum absolute atomic E-state index is 0.0804. The summed E-state index contributed by atoms with van der Waals surface area (Å²) >= 11 is 0. The predicted octanol–water partition coefficient (Wildman–Crippen LogP) is 2.29. The van der Waals surface area contributed by atoms with Crippen LogP contribution in [0.25, 0.3) is 0 Å². The van der Waals surface area contributed by atoms with E-state index in [2.05, 4.69) is 6.58 Å². The topological polar surface area (TPSA) is 46.3 Å². The normalized spacial score (nSPS) is 11.9. The summed E-state index contributed by atoms with van der Waals surface area (Å²) in [6.07, 6.45) is 0.464. The summed E-state index contributed by atoms with van der Waals surface area (Å²) in [5.41, 5.74) is 7.56.